The number of hydrogen-bond acceptors (Lipinski definition) is 6. The number of nitrogens with two attached hydrogens (primary N) is 1. The van der Waals surface area contributed by atoms with Crippen molar-refractivity contribution in [2.75, 3.05) is 20.0 Å². The maximum atomic E-state index is 12.7. The van der Waals surface area contributed by atoms with Crippen LogP contribution in [0, 0.1) is 10.9 Å². The number of benzene rings is 2. The summed E-state index contributed by atoms with van der Waals surface area (Å²) in [5.74, 6) is 1.21. The van der Waals surface area contributed by atoms with Gasteiger partial charge in [-0.25, -0.2) is 0 Å². The highest BCUT2D eigenvalue weighted by molar-refractivity contribution is 7.73. The van der Waals surface area contributed by atoms with Crippen LogP contribution in [0.4, 0.5) is 5.82 Å². The second-order valence-corrected chi connectivity index (χ2v) is 7.77. The van der Waals surface area contributed by atoms with Crippen LogP contribution in [0.15, 0.2) is 42.5 Å². The first-order valence-electron chi connectivity index (χ1n) is 8.52. The van der Waals surface area contributed by atoms with Crippen LogP contribution in [-0.2, 0) is 6.54 Å². The molecule has 0 saturated heterocycles. The molecule has 0 radical (unpaired) electrons. The van der Waals surface area contributed by atoms with Crippen LogP contribution in [0.5, 0.6) is 11.5 Å². The number of anilines is 1. The standard InChI is InChI=1S/C20H21N3O3S2/c1-12-4-6-13(7-5-12)11-22-19(24)17-18(21)23(20(27)28-17)15-10-14(25-2)8-9-16(15)26-3/h4-10H,11,21H2,1-3H3,(H,22,24). The molecule has 0 unspecified atom stereocenters. The average molecular weight is 416 g/mol. The minimum absolute atomic E-state index is 0.267. The van der Waals surface area contributed by atoms with Crippen LogP contribution >= 0.6 is 23.6 Å². The number of amides is 1. The summed E-state index contributed by atoms with van der Waals surface area (Å²) in [5, 5.41) is 2.89. The topological polar surface area (TPSA) is 78.5 Å². The minimum atomic E-state index is -0.269. The van der Waals surface area contributed by atoms with E-state index in [-0.39, 0.29) is 11.7 Å². The maximum absolute atomic E-state index is 12.7. The molecule has 6 nitrogen and oxygen atoms in total. The number of carbonyl (C=O) groups is 1. The number of nitrogens with one attached hydrogen (secondary N) is 1. The van der Waals surface area contributed by atoms with Crippen LogP contribution in [0.1, 0.15) is 20.8 Å². The minimum Gasteiger partial charge on any atom is -0.497 e. The Morgan fingerprint density at radius 1 is 1.18 bits per heavy atom. The van der Waals surface area contributed by atoms with Crippen molar-refractivity contribution in [3.63, 3.8) is 0 Å². The molecule has 146 valence electrons. The van der Waals surface area contributed by atoms with E-state index in [1.165, 1.54) is 5.56 Å². The maximum Gasteiger partial charge on any atom is 0.265 e. The fraction of sp³-hybridized carbons (Fsp3) is 0.200. The number of aryl methyl sites for hydroxylation is 1. The molecular formula is C20H21N3O3S2. The Labute approximate surface area is 172 Å². The average Bonchev–Trinajstić information content (AvgIpc) is 3.00. The van der Waals surface area contributed by atoms with Crippen LogP contribution in [0.2, 0.25) is 0 Å². The lowest BCUT2D eigenvalue weighted by Gasteiger charge is -2.13. The zero-order chi connectivity index (χ0) is 20.3. The Morgan fingerprint density at radius 2 is 1.89 bits per heavy atom. The van der Waals surface area contributed by atoms with E-state index in [0.29, 0.717) is 32.6 Å². The summed E-state index contributed by atoms with van der Waals surface area (Å²) in [4.78, 5) is 13.0. The molecule has 0 saturated carbocycles. The van der Waals surface area contributed by atoms with Crippen LogP contribution in [0.25, 0.3) is 5.69 Å². The largest absolute Gasteiger partial charge is 0.497 e. The third kappa shape index (κ3) is 4.02. The molecule has 3 N–H and O–H groups in total. The molecule has 2 aromatic carbocycles. The van der Waals surface area contributed by atoms with Gasteiger partial charge in [-0.1, -0.05) is 41.2 Å². The van der Waals surface area contributed by atoms with Gasteiger partial charge in [0.05, 0.1) is 19.9 Å². The predicted octanol–water partition coefficient (Wildman–Crippen LogP) is 4.11. The molecule has 1 aromatic heterocycles. The zero-order valence-electron chi connectivity index (χ0n) is 15.8. The summed E-state index contributed by atoms with van der Waals surface area (Å²) >= 11 is 6.62. The van der Waals surface area contributed by atoms with Crippen molar-refractivity contribution >= 4 is 35.3 Å². The number of ether oxygens (including phenoxy) is 2. The fourth-order valence-corrected chi connectivity index (χ4v) is 3.99. The molecule has 0 spiro atoms. The third-order valence-corrected chi connectivity index (χ3v) is 5.64. The van der Waals surface area contributed by atoms with Crippen LogP contribution in [0.3, 0.4) is 0 Å². The lowest BCUT2D eigenvalue weighted by atomic mass is 10.1. The Morgan fingerprint density at radius 3 is 2.54 bits per heavy atom. The van der Waals surface area contributed by atoms with Crippen LogP contribution < -0.4 is 20.5 Å². The SMILES string of the molecule is COc1ccc(OC)c(-n2c(N)c(C(=O)NCc3ccc(C)cc3)sc2=S)c1. The molecule has 3 aromatic rings. The normalized spacial score (nSPS) is 10.5. The second kappa shape index (κ2) is 8.45. The molecular weight excluding hydrogens is 394 g/mol. The van der Waals surface area contributed by atoms with Gasteiger partial charge < -0.3 is 20.5 Å². The quantitative estimate of drug-likeness (QED) is 0.593. The van der Waals surface area contributed by atoms with E-state index < -0.39 is 0 Å². The third-order valence-electron chi connectivity index (χ3n) is 4.25. The number of carbonyl (C=O) groups excluding carboxylic acids is 1. The van der Waals surface area contributed by atoms with E-state index in [9.17, 15) is 4.79 Å². The van der Waals surface area contributed by atoms with Crippen molar-refractivity contribution in [3.8, 4) is 17.2 Å². The summed E-state index contributed by atoms with van der Waals surface area (Å²) in [6, 6.07) is 13.3. The van der Waals surface area contributed by atoms with E-state index in [4.69, 9.17) is 27.4 Å². The van der Waals surface area contributed by atoms with Gasteiger partial charge in [0.1, 0.15) is 22.2 Å². The molecule has 0 aliphatic rings. The number of nitrogens with zero attached hydrogens (tertiary/aromatic N) is 1. The highest BCUT2D eigenvalue weighted by Gasteiger charge is 2.20. The first kappa shape index (κ1) is 19.9. The molecule has 28 heavy (non-hydrogen) atoms. The van der Waals surface area contributed by atoms with E-state index >= 15 is 0 Å². The highest BCUT2D eigenvalue weighted by atomic mass is 32.1. The lowest BCUT2D eigenvalue weighted by Crippen LogP contribution is -2.23. The first-order valence-corrected chi connectivity index (χ1v) is 9.74. The van der Waals surface area contributed by atoms with Gasteiger partial charge in [-0.15, -0.1) is 0 Å². The second-order valence-electron chi connectivity index (χ2n) is 6.12. The van der Waals surface area contributed by atoms with E-state index in [0.717, 1.165) is 16.9 Å². The van der Waals surface area contributed by atoms with Gasteiger partial charge in [0.25, 0.3) is 5.91 Å². The van der Waals surface area contributed by atoms with Crippen molar-refractivity contribution in [2.45, 2.75) is 13.5 Å². The highest BCUT2D eigenvalue weighted by Crippen LogP contribution is 2.33. The van der Waals surface area contributed by atoms with Gasteiger partial charge in [-0.3, -0.25) is 9.36 Å². The first-order chi connectivity index (χ1) is 13.4. The molecule has 0 bridgehead atoms. The Hall–Kier alpha value is -2.84. The summed E-state index contributed by atoms with van der Waals surface area (Å²) in [5.41, 5.74) is 9.09. The van der Waals surface area contributed by atoms with Crippen molar-refractivity contribution in [2.24, 2.45) is 0 Å². The Bertz CT molecular complexity index is 1060. The smallest absolute Gasteiger partial charge is 0.265 e. The molecule has 3 rings (SSSR count). The summed E-state index contributed by atoms with van der Waals surface area (Å²) in [7, 11) is 3.14. The molecule has 1 heterocycles. The van der Waals surface area contributed by atoms with Crippen molar-refractivity contribution in [3.05, 3.63) is 62.4 Å². The Kier molecular flexibility index (Phi) is 6.01. The Balaban J connectivity index is 1.90. The number of rotatable bonds is 6. The van der Waals surface area contributed by atoms with Gasteiger partial charge >= 0.3 is 0 Å². The monoisotopic (exact) mass is 415 g/mol. The lowest BCUT2D eigenvalue weighted by molar-refractivity contribution is 0.0955. The van der Waals surface area contributed by atoms with Crippen molar-refractivity contribution in [1.29, 1.82) is 0 Å². The number of nitrogen functional groups attached to an aromatic ring is 1. The molecule has 0 aliphatic heterocycles. The molecule has 0 atom stereocenters. The van der Waals surface area contributed by atoms with Gasteiger partial charge in [0, 0.05) is 12.6 Å². The van der Waals surface area contributed by atoms with Gasteiger partial charge in [-0.05, 0) is 36.8 Å². The van der Waals surface area contributed by atoms with E-state index in [1.807, 2.05) is 31.2 Å². The summed E-state index contributed by atoms with van der Waals surface area (Å²) in [6.07, 6.45) is 0. The summed E-state index contributed by atoms with van der Waals surface area (Å²) in [6.45, 7) is 2.43. The number of thiazole rings is 1. The molecule has 8 heteroatoms. The van der Waals surface area contributed by atoms with E-state index in [1.54, 1.807) is 37.0 Å². The summed E-state index contributed by atoms with van der Waals surface area (Å²) < 4.78 is 12.8. The molecule has 0 aliphatic carbocycles. The molecule has 0 fully saturated rings. The zero-order valence-corrected chi connectivity index (χ0v) is 17.4. The fourth-order valence-electron chi connectivity index (χ4n) is 2.72. The number of aromatic nitrogens is 1. The van der Waals surface area contributed by atoms with Gasteiger partial charge in [0.2, 0.25) is 0 Å². The van der Waals surface area contributed by atoms with Crippen LogP contribution in [-0.4, -0.2) is 24.7 Å². The van der Waals surface area contributed by atoms with Crippen molar-refractivity contribution in [1.82, 2.24) is 9.88 Å². The molecule has 1 amide bonds. The van der Waals surface area contributed by atoms with Crippen molar-refractivity contribution < 1.29 is 14.3 Å². The van der Waals surface area contributed by atoms with Gasteiger partial charge in [0.15, 0.2) is 3.95 Å². The number of hydrogen-bond donors (Lipinski definition) is 2. The van der Waals surface area contributed by atoms with Gasteiger partial charge in [-0.2, -0.15) is 0 Å². The van der Waals surface area contributed by atoms with E-state index in [2.05, 4.69) is 5.32 Å². The number of methoxy groups -OCH3 is 2. The predicted molar refractivity (Wildman–Crippen MR) is 114 cm³/mol.